The van der Waals surface area contributed by atoms with Crippen molar-refractivity contribution in [3.63, 3.8) is 0 Å². The number of ether oxygens (including phenoxy) is 1. The molecule has 0 amide bonds. The van der Waals surface area contributed by atoms with E-state index in [0.717, 1.165) is 12.1 Å². The van der Waals surface area contributed by atoms with Crippen molar-refractivity contribution in [1.82, 2.24) is 0 Å². The quantitative estimate of drug-likeness (QED) is 0.868. The Hall–Kier alpha value is -1.49. The molecule has 88 valence electrons. The molecule has 0 saturated heterocycles. The molecule has 0 bridgehead atoms. The van der Waals surface area contributed by atoms with E-state index in [2.05, 4.69) is 0 Å². The van der Waals surface area contributed by atoms with Crippen LogP contribution in [-0.4, -0.2) is 13.7 Å². The Bertz CT molecular complexity index is 385. The molecule has 2 nitrogen and oxygen atoms in total. The zero-order chi connectivity index (χ0) is 12.2. The van der Waals surface area contributed by atoms with E-state index in [1.807, 2.05) is 0 Å². The number of nitrogens with two attached hydrogens (primary N) is 1. The summed E-state index contributed by atoms with van der Waals surface area (Å²) in [7, 11) is 1.33. The van der Waals surface area contributed by atoms with Crippen LogP contribution in [0.5, 0.6) is 5.75 Å². The lowest BCUT2D eigenvalue weighted by atomic mass is 10.1. The van der Waals surface area contributed by atoms with Crippen molar-refractivity contribution in [2.24, 2.45) is 5.73 Å². The van der Waals surface area contributed by atoms with Crippen LogP contribution in [-0.2, 0) is 6.18 Å². The molecule has 1 rings (SSSR count). The largest absolute Gasteiger partial charge is 0.496 e. The first-order chi connectivity index (χ1) is 7.49. The minimum Gasteiger partial charge on any atom is -0.496 e. The molecule has 16 heavy (non-hydrogen) atoms. The molecule has 0 unspecified atom stereocenters. The van der Waals surface area contributed by atoms with E-state index in [1.54, 1.807) is 12.2 Å². The van der Waals surface area contributed by atoms with Crippen LogP contribution in [0.2, 0.25) is 0 Å². The molecule has 1 aromatic rings. The van der Waals surface area contributed by atoms with Gasteiger partial charge in [0.05, 0.1) is 12.7 Å². The van der Waals surface area contributed by atoms with E-state index in [1.165, 1.54) is 13.2 Å². The molecular formula is C11H12F3NO. The highest BCUT2D eigenvalue weighted by Gasteiger charge is 2.31. The number of hydrogen-bond donors (Lipinski definition) is 1. The Morgan fingerprint density at radius 2 is 2.06 bits per heavy atom. The van der Waals surface area contributed by atoms with Crippen LogP contribution >= 0.6 is 0 Å². The van der Waals surface area contributed by atoms with Gasteiger partial charge in [-0.1, -0.05) is 18.2 Å². The van der Waals surface area contributed by atoms with Crippen LogP contribution < -0.4 is 10.5 Å². The summed E-state index contributed by atoms with van der Waals surface area (Å²) in [5, 5.41) is 0. The lowest BCUT2D eigenvalue weighted by Crippen LogP contribution is -2.05. The molecule has 0 heterocycles. The Morgan fingerprint density at radius 3 is 2.56 bits per heavy atom. The molecule has 5 heteroatoms. The Balaban J connectivity index is 3.12. The van der Waals surface area contributed by atoms with E-state index in [9.17, 15) is 13.2 Å². The molecule has 1 aromatic carbocycles. The third-order valence-corrected chi connectivity index (χ3v) is 1.99. The lowest BCUT2D eigenvalue weighted by Gasteiger charge is -2.10. The molecule has 0 aromatic heterocycles. The van der Waals surface area contributed by atoms with Crippen molar-refractivity contribution in [2.45, 2.75) is 6.18 Å². The number of alkyl halides is 3. The average Bonchev–Trinajstić information content (AvgIpc) is 2.24. The maximum atomic E-state index is 12.4. The van der Waals surface area contributed by atoms with Gasteiger partial charge in [-0.2, -0.15) is 13.2 Å². The highest BCUT2D eigenvalue weighted by molar-refractivity contribution is 5.58. The minimum atomic E-state index is -4.36. The molecule has 0 spiro atoms. The van der Waals surface area contributed by atoms with Crippen LogP contribution in [0.25, 0.3) is 6.08 Å². The summed E-state index contributed by atoms with van der Waals surface area (Å²) >= 11 is 0. The summed E-state index contributed by atoms with van der Waals surface area (Å²) in [5.74, 6) is 0.180. The van der Waals surface area contributed by atoms with Crippen molar-refractivity contribution in [3.05, 3.63) is 35.4 Å². The van der Waals surface area contributed by atoms with Crippen molar-refractivity contribution in [2.75, 3.05) is 13.7 Å². The number of halogens is 3. The zero-order valence-electron chi connectivity index (χ0n) is 8.71. The van der Waals surface area contributed by atoms with Gasteiger partial charge in [-0.05, 0) is 12.1 Å². The zero-order valence-corrected chi connectivity index (χ0v) is 8.71. The first-order valence-electron chi connectivity index (χ1n) is 4.61. The van der Waals surface area contributed by atoms with E-state index in [4.69, 9.17) is 10.5 Å². The monoisotopic (exact) mass is 231 g/mol. The fraction of sp³-hybridized carbons (Fsp3) is 0.273. The van der Waals surface area contributed by atoms with Gasteiger partial charge in [0.1, 0.15) is 5.75 Å². The normalized spacial score (nSPS) is 12.1. The first-order valence-corrected chi connectivity index (χ1v) is 4.61. The predicted octanol–water partition coefficient (Wildman–Crippen LogP) is 2.69. The maximum absolute atomic E-state index is 12.4. The van der Waals surface area contributed by atoms with E-state index >= 15 is 0 Å². The number of hydrogen-bond acceptors (Lipinski definition) is 2. The third kappa shape index (κ3) is 3.00. The summed E-state index contributed by atoms with van der Waals surface area (Å²) in [6.07, 6.45) is -1.09. The van der Waals surface area contributed by atoms with Gasteiger partial charge < -0.3 is 10.5 Å². The summed E-state index contributed by atoms with van der Waals surface area (Å²) in [4.78, 5) is 0. The maximum Gasteiger partial charge on any atom is 0.416 e. The Morgan fingerprint density at radius 1 is 1.38 bits per heavy atom. The molecule has 0 radical (unpaired) electrons. The second kappa shape index (κ2) is 5.03. The van der Waals surface area contributed by atoms with Crippen LogP contribution in [0.1, 0.15) is 11.1 Å². The second-order valence-corrected chi connectivity index (χ2v) is 3.09. The Labute approximate surface area is 91.5 Å². The van der Waals surface area contributed by atoms with Crippen LogP contribution in [0, 0.1) is 0 Å². The summed E-state index contributed by atoms with van der Waals surface area (Å²) in [6.45, 7) is 0.324. The van der Waals surface area contributed by atoms with Gasteiger partial charge in [0.15, 0.2) is 0 Å². The second-order valence-electron chi connectivity index (χ2n) is 3.09. The standard InChI is InChI=1S/C11H12F3NO/c1-16-10-7-9(11(12,13)14)5-4-8(10)3-2-6-15/h2-5,7H,6,15H2,1H3. The molecule has 0 fully saturated rings. The van der Waals surface area contributed by atoms with Crippen LogP contribution in [0.4, 0.5) is 13.2 Å². The fourth-order valence-electron chi connectivity index (χ4n) is 1.22. The number of methoxy groups -OCH3 is 1. The van der Waals surface area contributed by atoms with Crippen molar-refractivity contribution in [3.8, 4) is 5.75 Å². The number of benzene rings is 1. The Kier molecular flexibility index (Phi) is 3.95. The molecule has 0 saturated carbocycles. The molecule has 0 aliphatic carbocycles. The number of rotatable bonds is 3. The van der Waals surface area contributed by atoms with Gasteiger partial charge in [0.2, 0.25) is 0 Å². The molecule has 0 atom stereocenters. The SMILES string of the molecule is COc1cc(C(F)(F)F)ccc1C=CCN. The smallest absolute Gasteiger partial charge is 0.416 e. The van der Waals surface area contributed by atoms with Gasteiger partial charge >= 0.3 is 6.18 Å². The molecule has 0 aliphatic rings. The lowest BCUT2D eigenvalue weighted by molar-refractivity contribution is -0.137. The molecular weight excluding hydrogens is 219 g/mol. The van der Waals surface area contributed by atoms with Crippen LogP contribution in [0.15, 0.2) is 24.3 Å². The van der Waals surface area contributed by atoms with Crippen molar-refractivity contribution in [1.29, 1.82) is 0 Å². The molecule has 2 N–H and O–H groups in total. The predicted molar refractivity (Wildman–Crippen MR) is 56.1 cm³/mol. The molecule has 0 aliphatic heterocycles. The third-order valence-electron chi connectivity index (χ3n) is 1.99. The highest BCUT2D eigenvalue weighted by atomic mass is 19.4. The van der Waals surface area contributed by atoms with Crippen LogP contribution in [0.3, 0.4) is 0 Å². The van der Waals surface area contributed by atoms with E-state index in [0.29, 0.717) is 12.1 Å². The van der Waals surface area contributed by atoms with Gasteiger partial charge in [-0.25, -0.2) is 0 Å². The fourth-order valence-corrected chi connectivity index (χ4v) is 1.22. The van der Waals surface area contributed by atoms with Crippen molar-refractivity contribution < 1.29 is 17.9 Å². The first kappa shape index (κ1) is 12.6. The summed E-state index contributed by atoms with van der Waals surface area (Å²) in [5.41, 5.74) is 5.10. The van der Waals surface area contributed by atoms with Gasteiger partial charge in [0.25, 0.3) is 0 Å². The van der Waals surface area contributed by atoms with E-state index in [-0.39, 0.29) is 5.75 Å². The minimum absolute atomic E-state index is 0.180. The average molecular weight is 231 g/mol. The van der Waals surface area contributed by atoms with Gasteiger partial charge in [0, 0.05) is 12.1 Å². The van der Waals surface area contributed by atoms with Crippen molar-refractivity contribution >= 4 is 6.08 Å². The van der Waals surface area contributed by atoms with Gasteiger partial charge in [-0.15, -0.1) is 0 Å². The highest BCUT2D eigenvalue weighted by Crippen LogP contribution is 2.33. The summed E-state index contributed by atoms with van der Waals surface area (Å²) < 4.78 is 42.1. The topological polar surface area (TPSA) is 35.2 Å². The summed E-state index contributed by atoms with van der Waals surface area (Å²) in [6, 6.07) is 3.34. The van der Waals surface area contributed by atoms with E-state index < -0.39 is 11.7 Å². The van der Waals surface area contributed by atoms with Gasteiger partial charge in [-0.3, -0.25) is 0 Å².